The van der Waals surface area contributed by atoms with E-state index in [1.54, 1.807) is 0 Å². The van der Waals surface area contributed by atoms with Crippen molar-refractivity contribution in [3.63, 3.8) is 0 Å². The Labute approximate surface area is 170 Å². The normalized spacial score (nSPS) is 10.9. The van der Waals surface area contributed by atoms with E-state index >= 15 is 0 Å². The molecule has 27 heavy (non-hydrogen) atoms. The van der Waals surface area contributed by atoms with Crippen LogP contribution >= 0.6 is 43.5 Å². The van der Waals surface area contributed by atoms with Gasteiger partial charge in [0, 0.05) is 59.4 Å². The van der Waals surface area contributed by atoms with Gasteiger partial charge in [-0.1, -0.05) is 0 Å². The van der Waals surface area contributed by atoms with Gasteiger partial charge in [0.05, 0.1) is 11.5 Å². The van der Waals surface area contributed by atoms with E-state index in [0.717, 1.165) is 21.1 Å². The van der Waals surface area contributed by atoms with Crippen molar-refractivity contribution in [2.24, 2.45) is 0 Å². The van der Waals surface area contributed by atoms with Crippen LogP contribution < -0.4 is 0 Å². The third-order valence-electron chi connectivity index (χ3n) is 1.52. The Kier molecular flexibility index (Phi) is 35.1. The molecule has 0 fully saturated rings. The Morgan fingerprint density at radius 1 is 0.370 bits per heavy atom. The van der Waals surface area contributed by atoms with E-state index in [4.69, 9.17) is 0 Å². The van der Waals surface area contributed by atoms with Crippen molar-refractivity contribution in [2.45, 2.75) is 0 Å². The number of halogens is 10. The monoisotopic (exact) mass is 567 g/mol. The maximum absolute atomic E-state index is 11.3. The van der Waals surface area contributed by atoms with Gasteiger partial charge in [0.15, 0.2) is 0 Å². The molecule has 0 aromatic carbocycles. The molecule has 0 atom stereocenters. The van der Waals surface area contributed by atoms with Gasteiger partial charge in [0.2, 0.25) is 0 Å². The van der Waals surface area contributed by atoms with E-state index in [9.17, 15) is 42.0 Å². The summed E-state index contributed by atoms with van der Waals surface area (Å²) in [4.78, 5) is 0. The first-order valence-electron chi connectivity index (χ1n) is 6.14. The Balaban J connectivity index is -0.0000000794. The van der Waals surface area contributed by atoms with Crippen LogP contribution in [0.5, 0.6) is 0 Å². The first-order chi connectivity index (χ1) is 11.5. The maximum atomic E-state index is 11.3. The summed E-state index contributed by atoms with van der Waals surface area (Å²) in [5, 5.41) is 0. The molecule has 0 saturated heterocycles. The van der Waals surface area contributed by atoms with Crippen LogP contribution in [0.15, 0.2) is 0 Å². The fraction of sp³-hybridized carbons (Fsp3) is 1.00. The van der Waals surface area contributed by atoms with E-state index in [2.05, 4.69) is 0 Å². The molecule has 0 spiro atoms. The predicted octanol–water partition coefficient (Wildman–Crippen LogP) is 7.05. The van der Waals surface area contributed by atoms with Gasteiger partial charge >= 0.3 is 43.5 Å². The van der Waals surface area contributed by atoms with Crippen LogP contribution in [0.4, 0.5) is 42.0 Å². The number of hydrogen-bond donors (Lipinski definition) is 0. The molecule has 0 amide bonds. The van der Waals surface area contributed by atoms with E-state index < -0.39 is 43.5 Å². The molecule has 0 unspecified atom stereocenters. The minimum atomic E-state index is -3.88. The minimum absolute atomic E-state index is 0. The zero-order chi connectivity index (χ0) is 22.2. The second-order valence-corrected chi connectivity index (χ2v) is 11.3. The summed E-state index contributed by atoms with van der Waals surface area (Å²) in [6.07, 6.45) is 0. The molecule has 0 radical (unpaired) electrons. The van der Waals surface area contributed by atoms with Crippen molar-refractivity contribution in [2.75, 3.05) is 49.3 Å². The summed E-state index contributed by atoms with van der Waals surface area (Å²) in [5.74, 6) is 0. The quantitative estimate of drug-likeness (QED) is 0.201. The molecule has 0 aliphatic heterocycles. The van der Waals surface area contributed by atoms with Crippen LogP contribution in [0.1, 0.15) is 0 Å². The Morgan fingerprint density at radius 2 is 0.481 bits per heavy atom. The average Bonchev–Trinajstić information content (AvgIpc) is 2.47. The molecule has 0 aromatic heterocycles. The van der Waals surface area contributed by atoms with Gasteiger partial charge in [-0.15, -0.1) is 14.0 Å². The SMILES string of the molecule is CN(C)[PH+](F)F.CN(C)[PH+](F)F.CN(C)[PH+](F)F.CN([PH+](F)F)[PH+](F)F.[Fe]. The molecular weight excluding hydrogens is 541 g/mol. The summed E-state index contributed by atoms with van der Waals surface area (Å²) < 4.78 is 115. The van der Waals surface area contributed by atoms with Gasteiger partial charge in [-0.2, -0.15) is 0 Å². The molecule has 172 valence electrons. The van der Waals surface area contributed by atoms with Crippen LogP contribution in [-0.4, -0.2) is 67.8 Å². The van der Waals surface area contributed by atoms with Gasteiger partial charge in [0.1, 0.15) is 0 Å². The summed E-state index contributed by atoms with van der Waals surface area (Å²) in [6, 6.07) is 0. The van der Waals surface area contributed by atoms with Crippen LogP contribution in [0.2, 0.25) is 0 Å². The van der Waals surface area contributed by atoms with Gasteiger partial charge < -0.3 is 0 Å². The minimum Gasteiger partial charge on any atom is -0.128 e. The van der Waals surface area contributed by atoms with Crippen molar-refractivity contribution < 1.29 is 59.0 Å². The van der Waals surface area contributed by atoms with Crippen LogP contribution in [0.3, 0.4) is 0 Å². The molecule has 0 N–H and O–H groups in total. The van der Waals surface area contributed by atoms with E-state index in [0.29, 0.717) is 0 Å². The number of nitrogens with zero attached hydrogens (tertiary/aromatic N) is 4. The Morgan fingerprint density at radius 3 is 0.481 bits per heavy atom. The first kappa shape index (κ1) is 39.3. The smallest absolute Gasteiger partial charge is 0.128 e. The van der Waals surface area contributed by atoms with Crippen molar-refractivity contribution in [1.82, 2.24) is 18.5 Å². The predicted molar refractivity (Wildman–Crippen MR) is 101 cm³/mol. The fourth-order valence-corrected chi connectivity index (χ4v) is 0.575. The zero-order valence-electron chi connectivity index (χ0n) is 15.4. The molecule has 0 heterocycles. The topological polar surface area (TPSA) is 13.0 Å². The second kappa shape index (κ2) is 24.1. The first-order valence-corrected chi connectivity index (χ1v) is 12.2. The van der Waals surface area contributed by atoms with Crippen molar-refractivity contribution in [1.29, 1.82) is 0 Å². The van der Waals surface area contributed by atoms with Gasteiger partial charge in [0.25, 0.3) is 0 Å². The van der Waals surface area contributed by atoms with Crippen molar-refractivity contribution in [3.8, 4) is 0 Å². The molecule has 0 rings (SSSR count). The molecule has 0 saturated carbocycles. The standard InChI is InChI=1S/3C2H6F2NP.CH3F4NP2.Fe/c3*1-5(2)6(3)4;1-6(7(2)3)8(4)5;/h3*1-2H3;1H3;/p+5. The zero-order valence-corrected chi connectivity index (χ0v) is 21.5. The third-order valence-corrected chi connectivity index (χ3v) is 5.58. The summed E-state index contributed by atoms with van der Waals surface area (Å²) in [5.41, 5.74) is 0. The molecule has 0 aromatic rings. The Bertz CT molecular complexity index is 242. The number of rotatable bonds is 5. The summed E-state index contributed by atoms with van der Waals surface area (Å²) in [7, 11) is -8.17. The molecule has 20 heteroatoms. The average molecular weight is 567 g/mol. The molecule has 4 nitrogen and oxygen atoms in total. The summed E-state index contributed by atoms with van der Waals surface area (Å²) in [6.45, 7) is 0. The molecule has 0 aliphatic rings. The van der Waals surface area contributed by atoms with E-state index in [1.807, 2.05) is 0 Å². The van der Waals surface area contributed by atoms with Gasteiger partial charge in [-0.25, -0.2) is 0 Å². The van der Waals surface area contributed by atoms with Crippen LogP contribution in [0.25, 0.3) is 0 Å². The van der Waals surface area contributed by atoms with Crippen molar-refractivity contribution >= 4 is 43.5 Å². The molecular formula is C7H26F10FeN4P5+5. The largest absolute Gasteiger partial charge is 0.486 e. The van der Waals surface area contributed by atoms with Crippen molar-refractivity contribution in [3.05, 3.63) is 0 Å². The van der Waals surface area contributed by atoms with E-state index in [1.165, 1.54) is 42.3 Å². The fourth-order valence-electron chi connectivity index (χ4n) is 0.0639. The molecule has 0 bridgehead atoms. The molecule has 0 aliphatic carbocycles. The van der Waals surface area contributed by atoms with Crippen LogP contribution in [0, 0.1) is 0 Å². The second-order valence-electron chi connectivity index (χ2n) is 4.44. The van der Waals surface area contributed by atoms with E-state index in [-0.39, 0.29) is 21.5 Å². The maximum Gasteiger partial charge on any atom is 0.486 e. The Hall–Kier alpha value is 1.81. The van der Waals surface area contributed by atoms with Gasteiger partial charge in [-0.3, -0.25) is 0 Å². The summed E-state index contributed by atoms with van der Waals surface area (Å²) >= 11 is 0. The van der Waals surface area contributed by atoms with Gasteiger partial charge in [-0.05, 0) is 42.0 Å². The van der Waals surface area contributed by atoms with Crippen LogP contribution in [-0.2, 0) is 17.1 Å². The third kappa shape index (κ3) is 38.9. The number of hydrogen-bond acceptors (Lipinski definition) is 4.